The van der Waals surface area contributed by atoms with Crippen LogP contribution in [0.15, 0.2) is 4.52 Å². The van der Waals surface area contributed by atoms with E-state index in [-0.39, 0.29) is 11.1 Å². The number of hydrogen-bond donors (Lipinski definition) is 1. The first kappa shape index (κ1) is 16.4. The third-order valence-corrected chi connectivity index (χ3v) is 4.24. The van der Waals surface area contributed by atoms with Crippen molar-refractivity contribution >= 4 is 0 Å². The minimum atomic E-state index is -0.355. The first-order valence-corrected chi connectivity index (χ1v) is 8.10. The third-order valence-electron chi connectivity index (χ3n) is 4.24. The molecule has 0 aliphatic heterocycles. The van der Waals surface area contributed by atoms with E-state index in [2.05, 4.69) is 17.1 Å². The number of rotatable bonds is 6. The van der Waals surface area contributed by atoms with Crippen molar-refractivity contribution < 1.29 is 9.26 Å². The fourth-order valence-corrected chi connectivity index (χ4v) is 3.15. The lowest BCUT2D eigenvalue weighted by Crippen LogP contribution is -2.36. The summed E-state index contributed by atoms with van der Waals surface area (Å²) in [6, 6.07) is 0. The largest absolute Gasteiger partial charge is 0.367 e. The summed E-state index contributed by atoms with van der Waals surface area (Å²) in [6.45, 7) is 8.99. The molecule has 2 atom stereocenters. The summed E-state index contributed by atoms with van der Waals surface area (Å²) in [5.41, 5.74) is 5.44. The second-order valence-corrected chi connectivity index (χ2v) is 7.13. The maximum atomic E-state index is 6.08. The number of aromatic nitrogens is 2. The standard InChI is InChI=1S/C16H29N3O2/c1-5-20-16(9-6-7-12(2)11-16)14-18-13(21-19-14)8-10-15(3,4)17/h12H,5-11,17H2,1-4H3. The van der Waals surface area contributed by atoms with Crippen LogP contribution in [0.1, 0.15) is 71.5 Å². The van der Waals surface area contributed by atoms with Crippen molar-refractivity contribution in [3.8, 4) is 0 Å². The molecule has 0 aromatic carbocycles. The van der Waals surface area contributed by atoms with E-state index in [0.717, 1.165) is 31.5 Å². The zero-order valence-electron chi connectivity index (χ0n) is 13.8. The fourth-order valence-electron chi connectivity index (χ4n) is 3.15. The summed E-state index contributed by atoms with van der Waals surface area (Å²) < 4.78 is 11.5. The van der Waals surface area contributed by atoms with Crippen LogP contribution in [0.4, 0.5) is 0 Å². The summed E-state index contributed by atoms with van der Waals surface area (Å²) in [5, 5.41) is 4.21. The van der Waals surface area contributed by atoms with Crippen LogP contribution in [0.5, 0.6) is 0 Å². The van der Waals surface area contributed by atoms with Crippen molar-refractivity contribution in [1.29, 1.82) is 0 Å². The molecule has 1 aliphatic carbocycles. The van der Waals surface area contributed by atoms with Gasteiger partial charge in [0.25, 0.3) is 0 Å². The molecule has 21 heavy (non-hydrogen) atoms. The third kappa shape index (κ3) is 4.27. The SMILES string of the molecule is CCOC1(c2noc(CCC(C)(C)N)n2)CCCC(C)C1. The van der Waals surface area contributed by atoms with Crippen molar-refractivity contribution in [3.05, 3.63) is 11.7 Å². The molecule has 2 rings (SSSR count). The van der Waals surface area contributed by atoms with Gasteiger partial charge in [0.05, 0.1) is 0 Å². The van der Waals surface area contributed by atoms with E-state index in [1.165, 1.54) is 6.42 Å². The Bertz CT molecular complexity index is 449. The van der Waals surface area contributed by atoms with Crippen molar-refractivity contribution in [3.63, 3.8) is 0 Å². The van der Waals surface area contributed by atoms with Crippen LogP contribution in [0, 0.1) is 5.92 Å². The van der Waals surface area contributed by atoms with Gasteiger partial charge in [0.1, 0.15) is 5.60 Å². The van der Waals surface area contributed by atoms with Gasteiger partial charge in [-0.15, -0.1) is 0 Å². The van der Waals surface area contributed by atoms with Crippen molar-refractivity contribution in [2.45, 2.75) is 77.4 Å². The second kappa shape index (κ2) is 6.44. The highest BCUT2D eigenvalue weighted by molar-refractivity contribution is 5.04. The van der Waals surface area contributed by atoms with Gasteiger partial charge in [-0.2, -0.15) is 4.98 Å². The Morgan fingerprint density at radius 3 is 2.86 bits per heavy atom. The van der Waals surface area contributed by atoms with Crippen molar-refractivity contribution in [2.75, 3.05) is 6.61 Å². The monoisotopic (exact) mass is 295 g/mol. The average molecular weight is 295 g/mol. The number of ether oxygens (including phenoxy) is 1. The number of aryl methyl sites for hydroxylation is 1. The predicted octanol–water partition coefficient (Wildman–Crippen LogP) is 3.18. The molecule has 2 N–H and O–H groups in total. The summed E-state index contributed by atoms with van der Waals surface area (Å²) in [6.07, 6.45) is 5.90. The molecule has 1 aliphatic rings. The van der Waals surface area contributed by atoms with Gasteiger partial charge in [-0.25, -0.2) is 0 Å². The van der Waals surface area contributed by atoms with Gasteiger partial charge in [0.2, 0.25) is 11.7 Å². The predicted molar refractivity (Wildman–Crippen MR) is 81.8 cm³/mol. The Hall–Kier alpha value is -0.940. The summed E-state index contributed by atoms with van der Waals surface area (Å²) in [7, 11) is 0. The molecular weight excluding hydrogens is 266 g/mol. The minimum Gasteiger partial charge on any atom is -0.367 e. The Balaban J connectivity index is 2.12. The highest BCUT2D eigenvalue weighted by Gasteiger charge is 2.41. The molecular formula is C16H29N3O2. The molecule has 1 aromatic rings. The second-order valence-electron chi connectivity index (χ2n) is 7.13. The zero-order chi connectivity index (χ0) is 15.5. The van der Waals surface area contributed by atoms with Gasteiger partial charge in [-0.05, 0) is 52.4 Å². The Morgan fingerprint density at radius 1 is 1.48 bits per heavy atom. The molecule has 5 nitrogen and oxygen atoms in total. The quantitative estimate of drug-likeness (QED) is 0.872. The molecule has 0 spiro atoms. The highest BCUT2D eigenvalue weighted by atomic mass is 16.5. The van der Waals surface area contributed by atoms with Crippen LogP contribution in [-0.2, 0) is 16.8 Å². The number of nitrogens with two attached hydrogens (primary N) is 1. The van der Waals surface area contributed by atoms with Gasteiger partial charge in [-0.1, -0.05) is 18.5 Å². The van der Waals surface area contributed by atoms with Crippen LogP contribution < -0.4 is 5.73 Å². The van der Waals surface area contributed by atoms with Crippen LogP contribution in [0.2, 0.25) is 0 Å². The molecule has 0 amide bonds. The molecule has 1 heterocycles. The molecule has 0 radical (unpaired) electrons. The van der Waals surface area contributed by atoms with E-state index in [1.54, 1.807) is 0 Å². The molecule has 0 saturated heterocycles. The summed E-state index contributed by atoms with van der Waals surface area (Å²) in [5.74, 6) is 2.02. The van der Waals surface area contributed by atoms with Gasteiger partial charge in [0, 0.05) is 18.6 Å². The number of nitrogens with zero attached hydrogens (tertiary/aromatic N) is 2. The summed E-state index contributed by atoms with van der Waals surface area (Å²) in [4.78, 5) is 4.60. The topological polar surface area (TPSA) is 74.2 Å². The molecule has 1 fully saturated rings. The van der Waals surface area contributed by atoms with Crippen LogP contribution >= 0.6 is 0 Å². The molecule has 120 valence electrons. The van der Waals surface area contributed by atoms with Gasteiger partial charge >= 0.3 is 0 Å². The Labute approximate surface area is 127 Å². The zero-order valence-corrected chi connectivity index (χ0v) is 13.8. The maximum Gasteiger partial charge on any atom is 0.226 e. The smallest absolute Gasteiger partial charge is 0.226 e. The van der Waals surface area contributed by atoms with Crippen molar-refractivity contribution in [1.82, 2.24) is 10.1 Å². The molecule has 1 aromatic heterocycles. The van der Waals surface area contributed by atoms with E-state index in [9.17, 15) is 0 Å². The first-order valence-electron chi connectivity index (χ1n) is 8.10. The fraction of sp³-hybridized carbons (Fsp3) is 0.875. The van der Waals surface area contributed by atoms with Gasteiger partial charge in [0.15, 0.2) is 0 Å². The lowest BCUT2D eigenvalue weighted by Gasteiger charge is -2.37. The van der Waals surface area contributed by atoms with E-state index >= 15 is 0 Å². The first-order chi connectivity index (χ1) is 9.85. The average Bonchev–Trinajstić information content (AvgIpc) is 2.85. The van der Waals surface area contributed by atoms with Crippen LogP contribution in [0.3, 0.4) is 0 Å². The van der Waals surface area contributed by atoms with E-state index in [0.29, 0.717) is 24.8 Å². The van der Waals surface area contributed by atoms with E-state index in [1.807, 2.05) is 20.8 Å². The minimum absolute atomic E-state index is 0.217. The number of hydrogen-bond acceptors (Lipinski definition) is 5. The molecule has 1 saturated carbocycles. The lowest BCUT2D eigenvalue weighted by atomic mass is 9.78. The van der Waals surface area contributed by atoms with E-state index < -0.39 is 0 Å². The Kier molecular flexibility index (Phi) is 5.04. The highest BCUT2D eigenvalue weighted by Crippen LogP contribution is 2.41. The molecule has 0 bridgehead atoms. The van der Waals surface area contributed by atoms with Crippen molar-refractivity contribution in [2.24, 2.45) is 11.7 Å². The normalized spacial score (nSPS) is 27.0. The molecule has 5 heteroatoms. The van der Waals surface area contributed by atoms with Gasteiger partial charge in [-0.3, -0.25) is 0 Å². The summed E-state index contributed by atoms with van der Waals surface area (Å²) >= 11 is 0. The Morgan fingerprint density at radius 2 is 2.24 bits per heavy atom. The van der Waals surface area contributed by atoms with Crippen LogP contribution in [0.25, 0.3) is 0 Å². The maximum absolute atomic E-state index is 6.08. The molecule has 2 unspecified atom stereocenters. The van der Waals surface area contributed by atoms with Gasteiger partial charge < -0.3 is 15.0 Å². The van der Waals surface area contributed by atoms with Crippen LogP contribution in [-0.4, -0.2) is 22.3 Å². The van der Waals surface area contributed by atoms with E-state index in [4.69, 9.17) is 15.0 Å². The lowest BCUT2D eigenvalue weighted by molar-refractivity contribution is -0.0891.